The average Bonchev–Trinajstić information content (AvgIpc) is 2.65. The minimum absolute atomic E-state index is 0.553. The molecule has 14 heavy (non-hydrogen) atoms. The monoisotopic (exact) mass is 249 g/mol. The molecular weight excluding hydrogens is 238 g/mol. The maximum Gasteiger partial charge on any atom is 0.187 e. The fraction of sp³-hybridized carbons (Fsp3) is 0.750. The summed E-state index contributed by atoms with van der Waals surface area (Å²) in [7, 11) is 0. The molecule has 1 atom stereocenters. The molecule has 0 spiro atoms. The summed E-state index contributed by atoms with van der Waals surface area (Å²) in [5.74, 6) is 2.03. The second kappa shape index (κ2) is 4.68. The van der Waals surface area contributed by atoms with E-state index in [-0.39, 0.29) is 0 Å². The van der Waals surface area contributed by atoms with Crippen molar-refractivity contribution in [3.63, 3.8) is 0 Å². The lowest BCUT2D eigenvalue weighted by atomic mass is 10.3. The summed E-state index contributed by atoms with van der Waals surface area (Å²) in [6, 6.07) is 0. The third kappa shape index (κ3) is 2.15. The normalized spacial score (nSPS) is 22.7. The van der Waals surface area contributed by atoms with Gasteiger partial charge in [0.2, 0.25) is 0 Å². The summed E-state index contributed by atoms with van der Waals surface area (Å²) >= 11 is 9.18. The fourth-order valence-electron chi connectivity index (χ4n) is 1.52. The van der Waals surface area contributed by atoms with E-state index in [1.54, 1.807) is 0 Å². The zero-order chi connectivity index (χ0) is 9.97. The molecular formula is C8H12ClN3S2. The zero-order valence-electron chi connectivity index (χ0n) is 7.94. The molecule has 0 radical (unpaired) electrons. The van der Waals surface area contributed by atoms with E-state index in [1.807, 2.05) is 11.8 Å². The smallest absolute Gasteiger partial charge is 0.187 e. The molecule has 1 aromatic rings. The van der Waals surface area contributed by atoms with Crippen molar-refractivity contribution in [3.05, 3.63) is 5.15 Å². The molecule has 1 aliphatic heterocycles. The number of hydrogen-bond acceptors (Lipinski definition) is 5. The van der Waals surface area contributed by atoms with Gasteiger partial charge in [-0.1, -0.05) is 18.5 Å². The van der Waals surface area contributed by atoms with Crippen LogP contribution in [-0.2, 0) is 0 Å². The Labute approximate surface area is 97.2 Å². The van der Waals surface area contributed by atoms with Crippen LogP contribution in [0.3, 0.4) is 0 Å². The lowest BCUT2D eigenvalue weighted by Gasteiger charge is -2.31. The number of rotatable bonds is 2. The first-order valence-electron chi connectivity index (χ1n) is 4.66. The van der Waals surface area contributed by atoms with Crippen molar-refractivity contribution in [2.24, 2.45) is 0 Å². The van der Waals surface area contributed by atoms with Gasteiger partial charge in [0.1, 0.15) is 0 Å². The highest BCUT2D eigenvalue weighted by molar-refractivity contribution is 8.00. The van der Waals surface area contributed by atoms with Crippen LogP contribution in [0.15, 0.2) is 0 Å². The van der Waals surface area contributed by atoms with Crippen molar-refractivity contribution >= 4 is 40.9 Å². The summed E-state index contributed by atoms with van der Waals surface area (Å²) in [5, 5.41) is 1.26. The van der Waals surface area contributed by atoms with Crippen molar-refractivity contribution in [2.75, 3.05) is 23.7 Å². The number of anilines is 1. The van der Waals surface area contributed by atoms with Crippen LogP contribution in [0.5, 0.6) is 0 Å². The average molecular weight is 250 g/mol. The highest BCUT2D eigenvalue weighted by Crippen LogP contribution is 2.28. The van der Waals surface area contributed by atoms with Gasteiger partial charge in [-0.2, -0.15) is 20.5 Å². The van der Waals surface area contributed by atoms with Crippen molar-refractivity contribution in [2.45, 2.75) is 18.6 Å². The van der Waals surface area contributed by atoms with Gasteiger partial charge in [0.25, 0.3) is 0 Å². The third-order valence-electron chi connectivity index (χ3n) is 2.33. The largest absolute Gasteiger partial charge is 0.351 e. The standard InChI is InChI=1S/C8H12ClN3S2/c1-2-6-5-12(3-4-13-6)8-7(9)10-14-11-8/h6H,2-5H2,1H3. The Morgan fingerprint density at radius 1 is 1.57 bits per heavy atom. The molecule has 0 amide bonds. The van der Waals surface area contributed by atoms with Crippen LogP contribution in [0, 0.1) is 0 Å². The van der Waals surface area contributed by atoms with Crippen LogP contribution >= 0.6 is 35.1 Å². The minimum Gasteiger partial charge on any atom is -0.351 e. The Balaban J connectivity index is 2.08. The number of halogens is 1. The van der Waals surface area contributed by atoms with Gasteiger partial charge in [0.15, 0.2) is 11.0 Å². The summed E-state index contributed by atoms with van der Waals surface area (Å²) in [6.45, 7) is 4.31. The molecule has 1 unspecified atom stereocenters. The molecule has 0 aromatic carbocycles. The molecule has 6 heteroatoms. The summed E-state index contributed by atoms with van der Waals surface area (Å²) in [6.07, 6.45) is 1.20. The van der Waals surface area contributed by atoms with E-state index in [2.05, 4.69) is 20.6 Å². The second-order valence-corrected chi connectivity index (χ2v) is 5.52. The van der Waals surface area contributed by atoms with Gasteiger partial charge in [-0.3, -0.25) is 0 Å². The Morgan fingerprint density at radius 2 is 2.43 bits per heavy atom. The van der Waals surface area contributed by atoms with E-state index in [4.69, 9.17) is 11.6 Å². The maximum absolute atomic E-state index is 5.95. The first-order chi connectivity index (χ1) is 6.81. The van der Waals surface area contributed by atoms with Crippen molar-refractivity contribution in [1.29, 1.82) is 0 Å². The molecule has 0 saturated carbocycles. The molecule has 1 fully saturated rings. The van der Waals surface area contributed by atoms with Gasteiger partial charge >= 0.3 is 0 Å². The Morgan fingerprint density at radius 3 is 3.07 bits per heavy atom. The van der Waals surface area contributed by atoms with E-state index in [0.29, 0.717) is 10.4 Å². The fourth-order valence-corrected chi connectivity index (χ4v) is 3.48. The first kappa shape index (κ1) is 10.5. The van der Waals surface area contributed by atoms with Gasteiger partial charge in [0, 0.05) is 24.1 Å². The van der Waals surface area contributed by atoms with Crippen molar-refractivity contribution < 1.29 is 0 Å². The predicted molar refractivity (Wildman–Crippen MR) is 63.7 cm³/mol. The minimum atomic E-state index is 0.553. The van der Waals surface area contributed by atoms with Gasteiger partial charge < -0.3 is 4.90 Å². The van der Waals surface area contributed by atoms with Gasteiger partial charge in [-0.05, 0) is 6.42 Å². The molecule has 2 rings (SSSR count). The second-order valence-electron chi connectivity index (χ2n) is 3.23. The SMILES string of the molecule is CCC1CN(c2nsnc2Cl)CCS1. The highest BCUT2D eigenvalue weighted by atomic mass is 35.5. The molecule has 2 heterocycles. The number of aromatic nitrogens is 2. The van der Waals surface area contributed by atoms with Crippen LogP contribution in [0.25, 0.3) is 0 Å². The summed E-state index contributed by atoms with van der Waals surface area (Å²) < 4.78 is 8.21. The first-order valence-corrected chi connectivity index (χ1v) is 6.81. The van der Waals surface area contributed by atoms with E-state index in [9.17, 15) is 0 Å². The topological polar surface area (TPSA) is 29.0 Å². The van der Waals surface area contributed by atoms with E-state index in [0.717, 1.165) is 24.7 Å². The summed E-state index contributed by atoms with van der Waals surface area (Å²) in [4.78, 5) is 2.25. The molecule has 0 N–H and O–H groups in total. The van der Waals surface area contributed by atoms with Crippen molar-refractivity contribution in [3.8, 4) is 0 Å². The van der Waals surface area contributed by atoms with E-state index in [1.165, 1.54) is 18.1 Å². The third-order valence-corrected chi connectivity index (χ3v) is 4.57. The summed E-state index contributed by atoms with van der Waals surface area (Å²) in [5.41, 5.74) is 0. The lowest BCUT2D eigenvalue weighted by molar-refractivity contribution is 0.723. The molecule has 3 nitrogen and oxygen atoms in total. The Bertz CT molecular complexity index is 305. The highest BCUT2D eigenvalue weighted by Gasteiger charge is 2.22. The number of thioether (sulfide) groups is 1. The zero-order valence-corrected chi connectivity index (χ0v) is 10.3. The van der Waals surface area contributed by atoms with Crippen LogP contribution in [0.4, 0.5) is 5.82 Å². The van der Waals surface area contributed by atoms with Gasteiger partial charge in [-0.25, -0.2) is 0 Å². The number of nitrogens with zero attached hydrogens (tertiary/aromatic N) is 3. The van der Waals surface area contributed by atoms with Gasteiger partial charge in [0.05, 0.1) is 11.7 Å². The van der Waals surface area contributed by atoms with Crippen molar-refractivity contribution in [1.82, 2.24) is 8.75 Å². The molecule has 0 aliphatic carbocycles. The van der Waals surface area contributed by atoms with E-state index >= 15 is 0 Å². The van der Waals surface area contributed by atoms with Gasteiger partial charge in [-0.15, -0.1) is 0 Å². The van der Waals surface area contributed by atoms with Crippen LogP contribution in [0.1, 0.15) is 13.3 Å². The van der Waals surface area contributed by atoms with Crippen LogP contribution in [0.2, 0.25) is 5.15 Å². The predicted octanol–water partition coefficient (Wildman–Crippen LogP) is 2.52. The maximum atomic E-state index is 5.95. The Kier molecular flexibility index (Phi) is 3.52. The van der Waals surface area contributed by atoms with Crippen LogP contribution < -0.4 is 4.90 Å². The molecule has 1 aliphatic rings. The molecule has 0 bridgehead atoms. The number of hydrogen-bond donors (Lipinski definition) is 0. The molecule has 1 aromatic heterocycles. The molecule has 1 saturated heterocycles. The van der Waals surface area contributed by atoms with E-state index < -0.39 is 0 Å². The lowest BCUT2D eigenvalue weighted by Crippen LogP contribution is -2.37. The van der Waals surface area contributed by atoms with Crippen LogP contribution in [-0.4, -0.2) is 32.8 Å². The Hall–Kier alpha value is -0.0000000000000000555. The quantitative estimate of drug-likeness (QED) is 0.806. The molecule has 78 valence electrons.